The van der Waals surface area contributed by atoms with E-state index in [0.29, 0.717) is 93.8 Å². The highest BCUT2D eigenvalue weighted by Crippen LogP contribution is 2.31. The van der Waals surface area contributed by atoms with Gasteiger partial charge in [-0.05, 0) is 108 Å². The predicted octanol–water partition coefficient (Wildman–Crippen LogP) is 14.9. The molecule has 0 aliphatic heterocycles. The first-order chi connectivity index (χ1) is 46.8. The predicted molar refractivity (Wildman–Crippen MR) is 387 cm³/mol. The summed E-state index contributed by atoms with van der Waals surface area (Å²) in [5.41, 5.74) is 34.0. The van der Waals surface area contributed by atoms with E-state index in [1.54, 1.807) is 189 Å². The van der Waals surface area contributed by atoms with Crippen molar-refractivity contribution >= 4 is 135 Å². The van der Waals surface area contributed by atoms with E-state index in [1.807, 2.05) is 48.5 Å². The number of phenolic OH excluding ortho intramolecular Hbond substituents is 3. The number of carbonyl (C=O) groups excluding carboxylic acids is 5. The van der Waals surface area contributed by atoms with E-state index in [-0.39, 0.29) is 17.2 Å². The van der Waals surface area contributed by atoms with Gasteiger partial charge in [0.1, 0.15) is 0 Å². The molecule has 0 radical (unpaired) electrons. The summed E-state index contributed by atoms with van der Waals surface area (Å²) in [4.78, 5) is 77.6. The Hall–Kier alpha value is -12.6. The minimum atomic E-state index is -0.576. The fraction of sp³-hybridized carbons (Fsp3) is 0.0133. The molecule has 0 saturated heterocycles. The van der Waals surface area contributed by atoms with Gasteiger partial charge >= 0.3 is 0 Å². The summed E-state index contributed by atoms with van der Waals surface area (Å²) in [6.45, 7) is 0. The average Bonchev–Trinajstić information content (AvgIpc) is 0.942. The van der Waals surface area contributed by atoms with E-state index >= 15 is 0 Å². The highest BCUT2D eigenvalue weighted by Gasteiger charge is 2.12. The van der Waals surface area contributed by atoms with Crippen LogP contribution in [0.25, 0.3) is 10.8 Å². The van der Waals surface area contributed by atoms with Crippen molar-refractivity contribution in [2.24, 2.45) is 53.6 Å². The number of fused-ring (bicyclic) bond motifs is 1. The number of phenols is 3. The topological polar surface area (TPSA) is 347 Å². The average molecular weight is 1350 g/mol. The molecule has 0 spiro atoms. The number of hydrogen-bond donors (Lipinski definition) is 8. The Balaban J connectivity index is 0.000000171. The highest BCUT2D eigenvalue weighted by atomic mass is 35.5. The summed E-state index contributed by atoms with van der Waals surface area (Å²) < 4.78 is 5.01. The van der Waals surface area contributed by atoms with E-state index in [1.165, 1.54) is 25.6 Å². The van der Waals surface area contributed by atoms with Crippen LogP contribution in [0.2, 0.25) is 15.1 Å². The summed E-state index contributed by atoms with van der Waals surface area (Å²) in [5.74, 6) is -2.75. The van der Waals surface area contributed by atoms with Crippen LogP contribution in [0.4, 0.5) is 28.4 Å². The number of halogens is 3. The van der Waals surface area contributed by atoms with Gasteiger partial charge in [-0.15, -0.1) is 0 Å². The Morgan fingerprint density at radius 1 is 0.330 bits per heavy atom. The normalized spacial score (nSPS) is 10.8. The highest BCUT2D eigenvalue weighted by molar-refractivity contribution is 6.43. The van der Waals surface area contributed by atoms with E-state index in [4.69, 9.17) is 68.2 Å². The maximum absolute atomic E-state index is 11.4. The van der Waals surface area contributed by atoms with Gasteiger partial charge in [-0.25, -0.2) is 0 Å². The Labute approximate surface area is 572 Å². The molecule has 11 aromatic carbocycles. The molecule has 0 aliphatic rings. The van der Waals surface area contributed by atoms with Crippen LogP contribution in [0.5, 0.6) is 23.0 Å². The quantitative estimate of drug-likeness (QED) is 0.0336. The SMILES string of the molecule is COc1cccc(C=Nc2ccccc2C(N)=O)c1O.NC(=O)c1ccccc1N=Cc1cccc(Cl)c1Cl.NC(=O)c1ccccc1N=Cc1cccc(O)c1O.NC(=O)c1ccccc1N=Cc1cccc2ccccc12.NC(=O)c1ccccc1N=Cc1ccccc1Cl. The molecular formula is C75H61Cl3N10O9. The number of amides is 5. The van der Waals surface area contributed by atoms with Gasteiger partial charge in [-0.2, -0.15) is 0 Å². The summed E-state index contributed by atoms with van der Waals surface area (Å²) in [7, 11) is 1.47. The zero-order chi connectivity index (χ0) is 69.8. The van der Waals surface area contributed by atoms with Crippen molar-refractivity contribution in [2.75, 3.05) is 7.11 Å². The van der Waals surface area contributed by atoms with E-state index in [9.17, 15) is 39.3 Å². The zero-order valence-electron chi connectivity index (χ0n) is 51.5. The van der Waals surface area contributed by atoms with Crippen molar-refractivity contribution in [3.8, 4) is 23.0 Å². The van der Waals surface area contributed by atoms with Gasteiger partial charge in [-0.3, -0.25) is 48.9 Å². The molecule has 19 nitrogen and oxygen atoms in total. The smallest absolute Gasteiger partial charge is 0.250 e. The van der Waals surface area contributed by atoms with Crippen LogP contribution in [0.15, 0.2) is 268 Å². The number of para-hydroxylation sites is 7. The van der Waals surface area contributed by atoms with Gasteiger partial charge < -0.3 is 48.7 Å². The van der Waals surface area contributed by atoms with Crippen LogP contribution in [-0.2, 0) is 0 Å². The molecule has 11 aromatic rings. The molecule has 486 valence electrons. The molecule has 5 amide bonds. The third-order valence-electron chi connectivity index (χ3n) is 13.6. The number of carbonyl (C=O) groups is 5. The van der Waals surface area contributed by atoms with Gasteiger partial charge in [0.25, 0.3) is 29.5 Å². The number of primary amides is 5. The third kappa shape index (κ3) is 20.7. The summed E-state index contributed by atoms with van der Waals surface area (Å²) in [6.07, 6.45) is 7.75. The van der Waals surface area contributed by atoms with Crippen molar-refractivity contribution in [2.45, 2.75) is 0 Å². The minimum Gasteiger partial charge on any atom is -0.504 e. The second-order valence-electron chi connectivity index (χ2n) is 20.0. The van der Waals surface area contributed by atoms with Crippen molar-refractivity contribution in [1.82, 2.24) is 0 Å². The lowest BCUT2D eigenvalue weighted by Crippen LogP contribution is -2.10. The number of methoxy groups -OCH3 is 1. The first kappa shape index (κ1) is 71.9. The van der Waals surface area contributed by atoms with Crippen molar-refractivity contribution in [3.63, 3.8) is 0 Å². The largest absolute Gasteiger partial charge is 0.504 e. The Bertz CT molecular complexity index is 4690. The molecule has 11 rings (SSSR count). The third-order valence-corrected chi connectivity index (χ3v) is 14.7. The van der Waals surface area contributed by atoms with Gasteiger partial charge in [0.15, 0.2) is 23.0 Å². The lowest BCUT2D eigenvalue weighted by atomic mass is 10.1. The maximum atomic E-state index is 11.4. The second-order valence-corrected chi connectivity index (χ2v) is 21.2. The molecule has 0 atom stereocenters. The Kier molecular flexibility index (Phi) is 26.7. The molecule has 0 bridgehead atoms. The molecule has 0 fully saturated rings. The molecule has 0 aromatic heterocycles. The molecular weight excluding hydrogens is 1290 g/mol. The minimum absolute atomic E-state index is 0.00435. The molecule has 97 heavy (non-hydrogen) atoms. The Morgan fingerprint density at radius 2 is 0.629 bits per heavy atom. The van der Waals surface area contributed by atoms with Crippen LogP contribution >= 0.6 is 34.8 Å². The number of aliphatic imine (C=N–C) groups is 5. The molecule has 0 unspecified atom stereocenters. The number of aromatic hydroxyl groups is 3. The van der Waals surface area contributed by atoms with Crippen LogP contribution in [-0.4, -0.2) is 83.0 Å². The van der Waals surface area contributed by atoms with Crippen molar-refractivity contribution in [1.29, 1.82) is 0 Å². The maximum Gasteiger partial charge on any atom is 0.250 e. The second kappa shape index (κ2) is 36.0. The molecule has 22 heteroatoms. The number of ether oxygens (including phenoxy) is 1. The van der Waals surface area contributed by atoms with E-state index in [0.717, 1.165) is 21.9 Å². The van der Waals surface area contributed by atoms with Crippen LogP contribution in [0.1, 0.15) is 79.6 Å². The lowest BCUT2D eigenvalue weighted by molar-refractivity contribution is 0.0992. The van der Waals surface area contributed by atoms with E-state index < -0.39 is 29.5 Å². The molecule has 13 N–H and O–H groups in total. The summed E-state index contributed by atoms with van der Waals surface area (Å²) in [5, 5.41) is 32.7. The van der Waals surface area contributed by atoms with Crippen molar-refractivity contribution in [3.05, 3.63) is 313 Å². The van der Waals surface area contributed by atoms with Crippen LogP contribution in [0.3, 0.4) is 0 Å². The number of rotatable bonds is 16. The number of nitrogens with two attached hydrogens (primary N) is 5. The number of nitrogens with zero attached hydrogens (tertiary/aromatic N) is 5. The monoisotopic (exact) mass is 1350 g/mol. The fourth-order valence-corrected chi connectivity index (χ4v) is 9.23. The summed E-state index contributed by atoms with van der Waals surface area (Å²) >= 11 is 18.0. The molecule has 0 saturated carbocycles. The lowest BCUT2D eigenvalue weighted by Gasteiger charge is -2.05. The van der Waals surface area contributed by atoms with Gasteiger partial charge in [-0.1, -0.05) is 180 Å². The van der Waals surface area contributed by atoms with Crippen LogP contribution < -0.4 is 33.4 Å². The van der Waals surface area contributed by atoms with Gasteiger partial charge in [0.2, 0.25) is 0 Å². The van der Waals surface area contributed by atoms with Gasteiger partial charge in [0.05, 0.1) is 73.4 Å². The van der Waals surface area contributed by atoms with E-state index in [2.05, 4.69) is 43.2 Å². The number of hydrogen-bond acceptors (Lipinski definition) is 14. The number of benzene rings is 11. The standard InChI is InChI=1S/C18H14N2O.C15H14N2O3.C14H10Cl2N2O.C14H11ClN2O.C14H12N2O3/c19-18(21)16-10-3-4-11-17(16)20-12-14-8-5-7-13-6-1-2-9-15(13)14;1-20-13-8-4-5-10(14(13)18)9-17-12-7-3-2-6-11(12)15(16)19;15-11-6-3-4-9(13(11)16)8-18-12-7-2-1-5-10(12)14(17)19;15-12-7-3-1-5-10(12)9-17-13-8-4-2-6-11(13)14(16)18;15-14(19)10-5-1-2-6-11(10)16-8-9-4-3-7-12(17)13(9)18/h1-12H,(H2,19,21);2-9,18H,1H3,(H2,16,19);1-8H,(H2,17,19);1-9H,(H2,16,18);1-8,17-18H,(H2,15,19). The van der Waals surface area contributed by atoms with Gasteiger partial charge in [0, 0.05) is 63.9 Å². The fourth-order valence-electron chi connectivity index (χ4n) is 8.69. The summed E-state index contributed by atoms with van der Waals surface area (Å²) in [6, 6.07) is 70.5. The molecule has 0 aliphatic carbocycles. The first-order valence-corrected chi connectivity index (χ1v) is 30.1. The zero-order valence-corrected chi connectivity index (χ0v) is 53.8. The first-order valence-electron chi connectivity index (χ1n) is 28.9. The van der Waals surface area contributed by atoms with Crippen LogP contribution in [0, 0.1) is 0 Å². The Morgan fingerprint density at radius 3 is 1.07 bits per heavy atom. The molecule has 0 heterocycles. The van der Waals surface area contributed by atoms with Crippen molar-refractivity contribution < 1.29 is 44.0 Å².